The van der Waals surface area contributed by atoms with Gasteiger partial charge in [0.25, 0.3) is 5.56 Å². The predicted molar refractivity (Wildman–Crippen MR) is 71.2 cm³/mol. The van der Waals surface area contributed by atoms with Gasteiger partial charge in [0.15, 0.2) is 0 Å². The average molecular weight is 230 g/mol. The monoisotopic (exact) mass is 230 g/mol. The fourth-order valence-corrected chi connectivity index (χ4v) is 2.11. The molecule has 17 heavy (non-hydrogen) atoms. The summed E-state index contributed by atoms with van der Waals surface area (Å²) in [6.45, 7) is 6.39. The molecule has 2 rings (SSSR count). The molecular weight excluding hydrogens is 212 g/mol. The van der Waals surface area contributed by atoms with Crippen molar-refractivity contribution in [3.05, 3.63) is 46.2 Å². The van der Waals surface area contributed by atoms with Gasteiger partial charge in [-0.1, -0.05) is 18.2 Å². The zero-order valence-corrected chi connectivity index (χ0v) is 10.5. The topological polar surface area (TPSA) is 48.0 Å². The Morgan fingerprint density at radius 3 is 2.59 bits per heavy atom. The number of nitrogens with zero attached hydrogens (tertiary/aromatic N) is 1. The van der Waals surface area contributed by atoms with Crippen molar-refractivity contribution in [1.29, 1.82) is 0 Å². The predicted octanol–water partition coefficient (Wildman–Crippen LogP) is 2.05. The maximum Gasteiger partial charge on any atom is 0.251 e. The van der Waals surface area contributed by atoms with Gasteiger partial charge in [-0.05, 0) is 37.8 Å². The van der Waals surface area contributed by atoms with Crippen LogP contribution in [-0.4, -0.2) is 10.1 Å². The van der Waals surface area contributed by atoms with Gasteiger partial charge >= 0.3 is 0 Å². The Kier molecular flexibility index (Phi) is 2.79. The van der Waals surface area contributed by atoms with Crippen LogP contribution in [0.4, 0.5) is 0 Å². The SMILES string of the molecule is Cc1cccc2ccc(=O)n(CC(C)(C)N)c12. The van der Waals surface area contributed by atoms with Gasteiger partial charge in [0.2, 0.25) is 0 Å². The molecule has 1 aromatic carbocycles. The van der Waals surface area contributed by atoms with E-state index in [1.165, 1.54) is 0 Å². The first-order valence-electron chi connectivity index (χ1n) is 5.76. The molecule has 1 aromatic heterocycles. The highest BCUT2D eigenvalue weighted by molar-refractivity contribution is 5.82. The Balaban J connectivity index is 2.76. The van der Waals surface area contributed by atoms with E-state index in [0.717, 1.165) is 16.5 Å². The molecule has 0 atom stereocenters. The number of hydrogen-bond donors (Lipinski definition) is 1. The van der Waals surface area contributed by atoms with Crippen LogP contribution >= 0.6 is 0 Å². The molecule has 0 aliphatic heterocycles. The molecule has 1 heterocycles. The van der Waals surface area contributed by atoms with Crippen LogP contribution in [0.3, 0.4) is 0 Å². The molecule has 0 unspecified atom stereocenters. The largest absolute Gasteiger partial charge is 0.324 e. The van der Waals surface area contributed by atoms with Crippen molar-refractivity contribution in [1.82, 2.24) is 4.57 Å². The Hall–Kier alpha value is -1.61. The smallest absolute Gasteiger partial charge is 0.251 e. The van der Waals surface area contributed by atoms with Gasteiger partial charge in [0.1, 0.15) is 0 Å². The lowest BCUT2D eigenvalue weighted by Crippen LogP contribution is -2.40. The van der Waals surface area contributed by atoms with Gasteiger partial charge in [-0.2, -0.15) is 0 Å². The van der Waals surface area contributed by atoms with Crippen LogP contribution in [0.1, 0.15) is 19.4 Å². The highest BCUT2D eigenvalue weighted by atomic mass is 16.1. The molecule has 0 aliphatic carbocycles. The molecule has 0 saturated heterocycles. The van der Waals surface area contributed by atoms with Crippen molar-refractivity contribution in [2.45, 2.75) is 32.9 Å². The second-order valence-electron chi connectivity index (χ2n) is 5.26. The normalized spacial score (nSPS) is 12.0. The van der Waals surface area contributed by atoms with Crippen LogP contribution in [0, 0.1) is 6.92 Å². The van der Waals surface area contributed by atoms with Gasteiger partial charge in [0, 0.05) is 18.2 Å². The summed E-state index contributed by atoms with van der Waals surface area (Å²) in [5.74, 6) is 0. The maximum atomic E-state index is 12.0. The molecule has 3 heteroatoms. The number of aromatic nitrogens is 1. The molecule has 90 valence electrons. The average Bonchev–Trinajstić information content (AvgIpc) is 2.21. The highest BCUT2D eigenvalue weighted by Gasteiger charge is 2.15. The van der Waals surface area contributed by atoms with E-state index < -0.39 is 5.54 Å². The van der Waals surface area contributed by atoms with Crippen LogP contribution in [0.25, 0.3) is 10.9 Å². The van der Waals surface area contributed by atoms with E-state index >= 15 is 0 Å². The van der Waals surface area contributed by atoms with Crippen LogP contribution in [0.2, 0.25) is 0 Å². The number of hydrogen-bond acceptors (Lipinski definition) is 2. The zero-order valence-electron chi connectivity index (χ0n) is 10.5. The first-order chi connectivity index (χ1) is 7.88. The quantitative estimate of drug-likeness (QED) is 0.858. The van der Waals surface area contributed by atoms with Gasteiger partial charge in [-0.15, -0.1) is 0 Å². The number of nitrogens with two attached hydrogens (primary N) is 1. The van der Waals surface area contributed by atoms with E-state index in [9.17, 15) is 4.79 Å². The molecule has 0 bridgehead atoms. The number of pyridine rings is 1. The minimum atomic E-state index is -0.402. The van der Waals surface area contributed by atoms with Crippen LogP contribution in [-0.2, 0) is 6.54 Å². The maximum absolute atomic E-state index is 12.0. The molecule has 0 amide bonds. The molecule has 0 fully saturated rings. The summed E-state index contributed by atoms with van der Waals surface area (Å²) in [7, 11) is 0. The fraction of sp³-hybridized carbons (Fsp3) is 0.357. The molecule has 0 saturated carbocycles. The third kappa shape index (κ3) is 2.39. The second-order valence-corrected chi connectivity index (χ2v) is 5.26. The first-order valence-corrected chi connectivity index (χ1v) is 5.76. The Bertz CT molecular complexity index is 606. The summed E-state index contributed by atoms with van der Waals surface area (Å²) in [6.07, 6.45) is 0. The molecule has 0 radical (unpaired) electrons. The Morgan fingerprint density at radius 1 is 1.24 bits per heavy atom. The van der Waals surface area contributed by atoms with Crippen molar-refractivity contribution in [3.63, 3.8) is 0 Å². The lowest BCUT2D eigenvalue weighted by atomic mass is 10.1. The highest BCUT2D eigenvalue weighted by Crippen LogP contribution is 2.17. The summed E-state index contributed by atoms with van der Waals surface area (Å²) < 4.78 is 1.77. The van der Waals surface area contributed by atoms with Gasteiger partial charge in [-0.25, -0.2) is 0 Å². The van der Waals surface area contributed by atoms with Crippen LogP contribution < -0.4 is 11.3 Å². The Labute approximate surface area is 101 Å². The van der Waals surface area contributed by atoms with Crippen molar-refractivity contribution < 1.29 is 0 Å². The van der Waals surface area contributed by atoms with Crippen LogP contribution in [0.15, 0.2) is 35.1 Å². The van der Waals surface area contributed by atoms with Gasteiger partial charge < -0.3 is 10.3 Å². The first kappa shape index (κ1) is 11.9. The van der Waals surface area contributed by atoms with E-state index in [-0.39, 0.29) is 5.56 Å². The fourth-order valence-electron chi connectivity index (χ4n) is 2.11. The van der Waals surface area contributed by atoms with Crippen LogP contribution in [0.5, 0.6) is 0 Å². The molecule has 0 aliphatic rings. The third-order valence-corrected chi connectivity index (χ3v) is 2.78. The van der Waals surface area contributed by atoms with Crippen molar-refractivity contribution >= 4 is 10.9 Å². The Morgan fingerprint density at radius 2 is 1.94 bits per heavy atom. The minimum absolute atomic E-state index is 0.00493. The zero-order chi connectivity index (χ0) is 12.6. The summed E-state index contributed by atoms with van der Waals surface area (Å²) in [4.78, 5) is 12.0. The molecule has 2 N–H and O–H groups in total. The number of aryl methyl sites for hydroxylation is 1. The lowest BCUT2D eigenvalue weighted by molar-refractivity contribution is 0.434. The van der Waals surface area contributed by atoms with Crippen molar-refractivity contribution in [2.75, 3.05) is 0 Å². The molecule has 0 spiro atoms. The molecule has 3 nitrogen and oxygen atoms in total. The van der Waals surface area contributed by atoms with E-state index in [4.69, 9.17) is 5.73 Å². The summed E-state index contributed by atoms with van der Waals surface area (Å²) in [6, 6.07) is 9.50. The van der Waals surface area contributed by atoms with Gasteiger partial charge in [-0.3, -0.25) is 4.79 Å². The van der Waals surface area contributed by atoms with Gasteiger partial charge in [0.05, 0.1) is 5.52 Å². The summed E-state index contributed by atoms with van der Waals surface area (Å²) >= 11 is 0. The van der Waals surface area contributed by atoms with E-state index in [1.54, 1.807) is 10.6 Å². The van der Waals surface area contributed by atoms with E-state index in [1.807, 2.05) is 45.0 Å². The lowest BCUT2D eigenvalue weighted by Gasteiger charge is -2.22. The number of benzene rings is 1. The van der Waals surface area contributed by atoms with E-state index in [2.05, 4.69) is 0 Å². The van der Waals surface area contributed by atoms with Crippen molar-refractivity contribution in [3.8, 4) is 0 Å². The van der Waals surface area contributed by atoms with Crippen molar-refractivity contribution in [2.24, 2.45) is 5.73 Å². The third-order valence-electron chi connectivity index (χ3n) is 2.78. The number of rotatable bonds is 2. The molecule has 2 aromatic rings. The summed E-state index contributed by atoms with van der Waals surface area (Å²) in [5.41, 5.74) is 7.71. The second kappa shape index (κ2) is 4.00. The molecular formula is C14H18N2O. The number of fused-ring (bicyclic) bond motifs is 1. The number of para-hydroxylation sites is 1. The summed E-state index contributed by atoms with van der Waals surface area (Å²) in [5, 5.41) is 1.08. The van der Waals surface area contributed by atoms with E-state index in [0.29, 0.717) is 6.54 Å². The standard InChI is InChI=1S/C14H18N2O/c1-10-5-4-6-11-7-8-12(17)16(13(10)11)9-14(2,3)15/h4-8H,9,15H2,1-3H3. The minimum Gasteiger partial charge on any atom is -0.324 e.